The first-order chi connectivity index (χ1) is 8.20. The highest BCUT2D eigenvalue weighted by molar-refractivity contribution is 5.61. The van der Waals surface area contributed by atoms with E-state index in [1.165, 1.54) is 0 Å². The van der Waals surface area contributed by atoms with Crippen molar-refractivity contribution >= 4 is 6.09 Å². The standard InChI is InChI=1S/C13H23FNO3/c1-13(2,3)18-12(17)15(4)10-6-8(5-9(10)14)11(15)7-16/h8-11,16H,5-7H2,1-4H3/q+1/t8-,9-,10?,11+,15?/m0/s1. The lowest BCUT2D eigenvalue weighted by Gasteiger charge is -2.42. The molecule has 2 rings (SSSR count). The molecule has 2 unspecified atom stereocenters. The number of carbonyl (C=O) groups is 1. The number of fused-ring (bicyclic) bond motifs is 2. The van der Waals surface area contributed by atoms with Crippen LogP contribution in [0.1, 0.15) is 33.6 Å². The second-order valence-electron chi connectivity index (χ2n) is 6.69. The third-order valence-electron chi connectivity index (χ3n) is 4.39. The van der Waals surface area contributed by atoms with E-state index in [2.05, 4.69) is 0 Å². The molecule has 0 aromatic carbocycles. The first-order valence-corrected chi connectivity index (χ1v) is 6.54. The van der Waals surface area contributed by atoms with E-state index in [4.69, 9.17) is 4.74 Å². The van der Waals surface area contributed by atoms with Gasteiger partial charge in [-0.3, -0.25) is 0 Å². The van der Waals surface area contributed by atoms with Gasteiger partial charge in [0, 0.05) is 12.3 Å². The lowest BCUT2D eigenvalue weighted by Crippen LogP contribution is -2.65. The number of hydrogen-bond donors (Lipinski definition) is 1. The van der Waals surface area contributed by atoms with Crippen molar-refractivity contribution in [3.63, 3.8) is 0 Å². The molecule has 0 aromatic heterocycles. The zero-order valence-electron chi connectivity index (χ0n) is 11.5. The van der Waals surface area contributed by atoms with Crippen molar-refractivity contribution in [2.45, 2.75) is 57.5 Å². The van der Waals surface area contributed by atoms with Crippen molar-refractivity contribution in [1.29, 1.82) is 0 Å². The molecule has 1 saturated heterocycles. The Bertz CT molecular complexity index is 351. The molecule has 1 saturated carbocycles. The Kier molecular flexibility index (Phi) is 3.18. The van der Waals surface area contributed by atoms with Crippen LogP contribution < -0.4 is 0 Å². The number of aliphatic hydroxyl groups is 1. The normalized spacial score (nSPS) is 43.2. The molecule has 1 amide bonds. The summed E-state index contributed by atoms with van der Waals surface area (Å²) in [5, 5.41) is 9.51. The van der Waals surface area contributed by atoms with Crippen LogP contribution in [-0.2, 0) is 4.74 Å². The van der Waals surface area contributed by atoms with Crippen LogP contribution in [0.4, 0.5) is 9.18 Å². The van der Waals surface area contributed by atoms with Crippen molar-refractivity contribution < 1.29 is 23.5 Å². The Labute approximate surface area is 107 Å². The molecule has 0 aromatic rings. The van der Waals surface area contributed by atoms with Crippen LogP contribution in [0.3, 0.4) is 0 Å². The van der Waals surface area contributed by atoms with E-state index in [-0.39, 0.29) is 29.1 Å². The van der Waals surface area contributed by atoms with E-state index in [1.807, 2.05) is 0 Å². The fourth-order valence-electron chi connectivity index (χ4n) is 3.50. The van der Waals surface area contributed by atoms with E-state index < -0.39 is 17.9 Å². The molecule has 2 aliphatic rings. The summed E-state index contributed by atoms with van der Waals surface area (Å²) in [4.78, 5) is 12.4. The van der Waals surface area contributed by atoms with Crippen LogP contribution in [0.25, 0.3) is 0 Å². The first kappa shape index (κ1) is 13.7. The van der Waals surface area contributed by atoms with Gasteiger partial charge in [-0.15, -0.1) is 0 Å². The monoisotopic (exact) mass is 260 g/mol. The molecule has 5 atom stereocenters. The number of carbonyl (C=O) groups excluding carboxylic acids is 1. The van der Waals surface area contributed by atoms with Crippen LogP contribution in [0.2, 0.25) is 0 Å². The number of quaternary nitrogens is 1. The van der Waals surface area contributed by atoms with Gasteiger partial charge in [-0.05, 0) is 27.2 Å². The summed E-state index contributed by atoms with van der Waals surface area (Å²) in [6.07, 6.45) is -0.249. The number of rotatable bonds is 1. The van der Waals surface area contributed by atoms with Gasteiger partial charge in [-0.25, -0.2) is 8.87 Å². The molecule has 0 spiro atoms. The second-order valence-corrected chi connectivity index (χ2v) is 6.69. The molecular weight excluding hydrogens is 237 g/mol. The summed E-state index contributed by atoms with van der Waals surface area (Å²) in [6, 6.07) is -0.584. The van der Waals surface area contributed by atoms with Crippen molar-refractivity contribution in [2.75, 3.05) is 13.7 Å². The quantitative estimate of drug-likeness (QED) is 0.732. The van der Waals surface area contributed by atoms with E-state index in [0.717, 1.165) is 0 Å². The Hall–Kier alpha value is -0.680. The molecular formula is C13H23FNO3+. The number of alkyl halides is 1. The molecule has 1 heterocycles. The smallest absolute Gasteiger partial charge is 0.414 e. The number of hydrogen-bond acceptors (Lipinski definition) is 3. The van der Waals surface area contributed by atoms with Gasteiger partial charge in [0.1, 0.15) is 17.7 Å². The minimum atomic E-state index is -0.963. The Balaban J connectivity index is 2.25. The highest BCUT2D eigenvalue weighted by atomic mass is 19.1. The van der Waals surface area contributed by atoms with Crippen LogP contribution in [0, 0.1) is 5.92 Å². The first-order valence-electron chi connectivity index (χ1n) is 6.54. The average molecular weight is 260 g/mol. The maximum absolute atomic E-state index is 13.9. The van der Waals surface area contributed by atoms with Gasteiger partial charge in [0.2, 0.25) is 0 Å². The summed E-state index contributed by atoms with van der Waals surface area (Å²) in [5.41, 5.74) is -0.591. The number of piperidine rings is 1. The summed E-state index contributed by atoms with van der Waals surface area (Å²) in [7, 11) is 1.70. The second kappa shape index (κ2) is 4.17. The van der Waals surface area contributed by atoms with Gasteiger partial charge in [-0.2, -0.15) is 4.79 Å². The topological polar surface area (TPSA) is 46.5 Å². The number of likely N-dealkylation sites (tertiary alicyclic amines) is 1. The van der Waals surface area contributed by atoms with Crippen molar-refractivity contribution in [3.05, 3.63) is 0 Å². The molecule has 2 fully saturated rings. The van der Waals surface area contributed by atoms with Crippen molar-refractivity contribution in [1.82, 2.24) is 0 Å². The van der Waals surface area contributed by atoms with Crippen molar-refractivity contribution in [3.8, 4) is 0 Å². The summed E-state index contributed by atoms with van der Waals surface area (Å²) in [5.74, 6) is 0.0903. The zero-order chi connectivity index (χ0) is 13.7. The fourth-order valence-corrected chi connectivity index (χ4v) is 3.50. The average Bonchev–Trinajstić information content (AvgIpc) is 2.70. The third kappa shape index (κ3) is 1.93. The fraction of sp³-hybridized carbons (Fsp3) is 0.923. The predicted octanol–water partition coefficient (Wildman–Crippen LogP) is 1.86. The maximum atomic E-state index is 13.9. The molecule has 1 aliphatic heterocycles. The summed E-state index contributed by atoms with van der Waals surface area (Å²) >= 11 is 0. The summed E-state index contributed by atoms with van der Waals surface area (Å²) in [6.45, 7) is 5.30. The largest absolute Gasteiger partial charge is 0.516 e. The third-order valence-corrected chi connectivity index (χ3v) is 4.39. The van der Waals surface area contributed by atoms with Gasteiger partial charge >= 0.3 is 6.09 Å². The van der Waals surface area contributed by atoms with Gasteiger partial charge in [0.25, 0.3) is 0 Å². The van der Waals surface area contributed by atoms with Gasteiger partial charge < -0.3 is 9.84 Å². The zero-order valence-corrected chi connectivity index (χ0v) is 11.5. The lowest BCUT2D eigenvalue weighted by atomic mass is 9.97. The van der Waals surface area contributed by atoms with Crippen LogP contribution in [0.5, 0.6) is 0 Å². The Morgan fingerprint density at radius 1 is 1.44 bits per heavy atom. The molecule has 104 valence electrons. The SMILES string of the molecule is CC(C)(C)OC(=O)[N+]1(C)C2C[C@H](C[C@@H]2F)[C@H]1CO. The van der Waals surface area contributed by atoms with E-state index in [1.54, 1.807) is 27.8 Å². The number of likely N-dealkylation sites (N-methyl/N-ethyl adjacent to an activating group) is 1. The molecule has 1 N–H and O–H groups in total. The Morgan fingerprint density at radius 2 is 2.06 bits per heavy atom. The Morgan fingerprint density at radius 3 is 2.56 bits per heavy atom. The highest BCUT2D eigenvalue weighted by Gasteiger charge is 2.65. The molecule has 18 heavy (non-hydrogen) atoms. The molecule has 5 heteroatoms. The van der Waals surface area contributed by atoms with Gasteiger partial charge in [-0.1, -0.05) is 0 Å². The molecule has 2 bridgehead atoms. The van der Waals surface area contributed by atoms with E-state index >= 15 is 0 Å². The minimum Gasteiger partial charge on any atom is -0.414 e. The molecule has 4 nitrogen and oxygen atoms in total. The van der Waals surface area contributed by atoms with Gasteiger partial charge in [0.05, 0.1) is 13.7 Å². The number of halogens is 1. The van der Waals surface area contributed by atoms with Crippen molar-refractivity contribution in [2.24, 2.45) is 5.92 Å². The van der Waals surface area contributed by atoms with E-state index in [0.29, 0.717) is 12.8 Å². The predicted molar refractivity (Wildman–Crippen MR) is 64.7 cm³/mol. The van der Waals surface area contributed by atoms with Gasteiger partial charge in [0.15, 0.2) is 6.17 Å². The van der Waals surface area contributed by atoms with Crippen LogP contribution in [0.15, 0.2) is 0 Å². The number of nitrogens with zero attached hydrogens (tertiary/aromatic N) is 1. The molecule has 0 radical (unpaired) electrons. The number of amides is 1. The highest BCUT2D eigenvalue weighted by Crippen LogP contribution is 2.48. The van der Waals surface area contributed by atoms with E-state index in [9.17, 15) is 14.3 Å². The maximum Gasteiger partial charge on any atom is 0.516 e. The number of aliphatic hydroxyl groups excluding tert-OH is 1. The minimum absolute atomic E-state index is 0.0903. The molecule has 1 aliphatic carbocycles. The van der Waals surface area contributed by atoms with Crippen LogP contribution >= 0.6 is 0 Å². The number of ether oxygens (including phenoxy) is 1. The lowest BCUT2D eigenvalue weighted by molar-refractivity contribution is -0.884. The summed E-state index contributed by atoms with van der Waals surface area (Å²) < 4.78 is 19.2. The van der Waals surface area contributed by atoms with Crippen LogP contribution in [-0.4, -0.2) is 53.2 Å².